The van der Waals surface area contributed by atoms with Crippen molar-refractivity contribution in [1.82, 2.24) is 5.32 Å². The third-order valence-electron chi connectivity index (χ3n) is 9.20. The molecule has 0 aliphatic rings. The third-order valence-corrected chi connectivity index (χ3v) is 10.2. The van der Waals surface area contributed by atoms with Crippen LogP contribution in [0.1, 0.15) is 194 Å². The summed E-state index contributed by atoms with van der Waals surface area (Å²) in [5.41, 5.74) is 5.36. The number of hydrogen-bond acceptors (Lipinski definition) is 6. The Balaban J connectivity index is 4.29. The average molecular weight is 741 g/mol. The lowest BCUT2D eigenvalue weighted by Crippen LogP contribution is -2.45. The van der Waals surface area contributed by atoms with Gasteiger partial charge in [-0.2, -0.15) is 0 Å². The monoisotopic (exact) mass is 741 g/mol. The Labute approximate surface area is 314 Å². The van der Waals surface area contributed by atoms with Gasteiger partial charge in [0, 0.05) is 13.0 Å². The van der Waals surface area contributed by atoms with Crippen molar-refractivity contribution in [2.24, 2.45) is 5.73 Å². The lowest BCUT2D eigenvalue weighted by molar-refractivity contribution is -0.123. The van der Waals surface area contributed by atoms with Crippen LogP contribution < -0.4 is 11.1 Å². The van der Waals surface area contributed by atoms with Crippen molar-refractivity contribution in [2.45, 2.75) is 206 Å². The smallest absolute Gasteiger partial charge is 0.387 e. The van der Waals surface area contributed by atoms with Gasteiger partial charge in [0.1, 0.15) is 0 Å². The molecule has 300 valence electrons. The van der Waals surface area contributed by atoms with Gasteiger partial charge in [0.05, 0.1) is 25.4 Å². The van der Waals surface area contributed by atoms with Gasteiger partial charge >= 0.3 is 7.82 Å². The topological polar surface area (TPSA) is 131 Å². The van der Waals surface area contributed by atoms with Crippen molar-refractivity contribution in [3.63, 3.8) is 0 Å². The molecule has 8 nitrogen and oxygen atoms in total. The Hall–Kier alpha value is -1.28. The molecule has 0 fully saturated rings. The van der Waals surface area contributed by atoms with Crippen LogP contribution in [0.15, 0.2) is 36.5 Å². The fraction of sp³-hybridized carbons (Fsp3) is 0.833. The second-order valence-electron chi connectivity index (χ2n) is 14.2. The zero-order valence-electron chi connectivity index (χ0n) is 33.1. The molecule has 3 unspecified atom stereocenters. The highest BCUT2D eigenvalue weighted by Crippen LogP contribution is 2.43. The van der Waals surface area contributed by atoms with Gasteiger partial charge in [0.25, 0.3) is 0 Å². The van der Waals surface area contributed by atoms with Crippen LogP contribution in [0.3, 0.4) is 0 Å². The van der Waals surface area contributed by atoms with E-state index in [-0.39, 0.29) is 25.7 Å². The molecule has 0 heterocycles. The van der Waals surface area contributed by atoms with E-state index in [1.54, 1.807) is 6.08 Å². The van der Waals surface area contributed by atoms with Gasteiger partial charge in [-0.25, -0.2) is 4.57 Å². The molecule has 51 heavy (non-hydrogen) atoms. The van der Waals surface area contributed by atoms with Gasteiger partial charge in [0.2, 0.25) is 5.91 Å². The molecule has 5 N–H and O–H groups in total. The molecule has 0 radical (unpaired) electrons. The van der Waals surface area contributed by atoms with E-state index in [0.29, 0.717) is 6.42 Å². The minimum absolute atomic E-state index is 0.0726. The van der Waals surface area contributed by atoms with Gasteiger partial charge in [-0.05, 0) is 44.9 Å². The second kappa shape index (κ2) is 38.4. The molecule has 9 heteroatoms. The maximum absolute atomic E-state index is 12.7. The zero-order chi connectivity index (χ0) is 37.5. The molecule has 0 saturated heterocycles. The number of unbranched alkanes of at least 4 members (excludes halogenated alkanes) is 23. The fourth-order valence-electron chi connectivity index (χ4n) is 5.99. The predicted molar refractivity (Wildman–Crippen MR) is 217 cm³/mol. The first kappa shape index (κ1) is 49.7. The summed E-state index contributed by atoms with van der Waals surface area (Å²) in [6.45, 7) is 4.09. The van der Waals surface area contributed by atoms with Crippen molar-refractivity contribution in [1.29, 1.82) is 0 Å². The zero-order valence-corrected chi connectivity index (χ0v) is 34.0. The summed E-state index contributed by atoms with van der Waals surface area (Å²) in [6, 6.07) is -0.879. The first-order chi connectivity index (χ1) is 24.9. The van der Waals surface area contributed by atoms with E-state index in [9.17, 15) is 19.4 Å². The van der Waals surface area contributed by atoms with Crippen LogP contribution in [0, 0.1) is 0 Å². The van der Waals surface area contributed by atoms with E-state index in [2.05, 4.69) is 43.5 Å². The maximum Gasteiger partial charge on any atom is 0.472 e. The Morgan fingerprint density at radius 1 is 0.627 bits per heavy atom. The standard InChI is InChI=1S/C42H81N2O6P/c1-3-5-7-9-11-13-15-17-19-20-22-24-26-28-30-32-34-36-42(46)44-40(39-50-51(47,48)49-38-37-43)41(45)35-33-31-29-27-25-23-21-18-16-14-12-10-8-6-4-2/h16,18,25,27,33,35,40-41,45H,3-15,17,19-24,26,28-32,34,36-39,43H2,1-2H3,(H,44,46)(H,47,48)/b18-16+,27-25+,35-33+. The van der Waals surface area contributed by atoms with Crippen LogP contribution in [0.4, 0.5) is 0 Å². The number of amides is 1. The van der Waals surface area contributed by atoms with Crippen molar-refractivity contribution >= 4 is 13.7 Å². The highest BCUT2D eigenvalue weighted by molar-refractivity contribution is 7.47. The minimum atomic E-state index is -4.35. The Kier molecular flexibility index (Phi) is 37.5. The largest absolute Gasteiger partial charge is 0.472 e. The molecule has 0 aliphatic carbocycles. The molecule has 0 rings (SSSR count). The lowest BCUT2D eigenvalue weighted by atomic mass is 10.0. The first-order valence-corrected chi connectivity index (χ1v) is 22.6. The number of carbonyl (C=O) groups excluding carboxylic acids is 1. The Morgan fingerprint density at radius 3 is 1.51 bits per heavy atom. The number of hydrogen-bond donors (Lipinski definition) is 4. The number of phosphoric ester groups is 1. The number of rotatable bonds is 39. The van der Waals surface area contributed by atoms with Crippen molar-refractivity contribution in [3.05, 3.63) is 36.5 Å². The highest BCUT2D eigenvalue weighted by Gasteiger charge is 2.26. The van der Waals surface area contributed by atoms with Crippen molar-refractivity contribution in [3.8, 4) is 0 Å². The summed E-state index contributed by atoms with van der Waals surface area (Å²) in [4.78, 5) is 22.7. The second-order valence-corrected chi connectivity index (χ2v) is 15.6. The van der Waals surface area contributed by atoms with E-state index in [1.807, 2.05) is 6.08 Å². The molecule has 0 aromatic rings. The van der Waals surface area contributed by atoms with Gasteiger partial charge in [-0.15, -0.1) is 0 Å². The number of allylic oxidation sites excluding steroid dienone is 5. The van der Waals surface area contributed by atoms with Crippen LogP contribution in [0.5, 0.6) is 0 Å². The first-order valence-electron chi connectivity index (χ1n) is 21.1. The van der Waals surface area contributed by atoms with Gasteiger partial charge in [-0.3, -0.25) is 13.8 Å². The number of carbonyl (C=O) groups is 1. The number of nitrogens with one attached hydrogen (secondary N) is 1. The SMILES string of the molecule is CCCCCCC/C=C/CC/C=C/CC/C=C/C(O)C(COP(=O)(O)OCCN)NC(=O)CCCCCCCCCCCCCCCCCCC. The number of aliphatic hydroxyl groups is 1. The number of phosphoric acid groups is 1. The molecular formula is C42H81N2O6P. The van der Waals surface area contributed by atoms with Crippen LogP contribution in [-0.4, -0.2) is 47.8 Å². The Morgan fingerprint density at radius 2 is 1.04 bits per heavy atom. The van der Waals surface area contributed by atoms with Crippen LogP contribution in [0.2, 0.25) is 0 Å². The summed E-state index contributed by atoms with van der Waals surface area (Å²) < 4.78 is 22.1. The summed E-state index contributed by atoms with van der Waals surface area (Å²) in [5, 5.41) is 13.6. The normalized spacial score (nSPS) is 14.5. The number of nitrogens with two attached hydrogens (primary N) is 1. The van der Waals surface area contributed by atoms with Crippen LogP contribution in [0.25, 0.3) is 0 Å². The summed E-state index contributed by atoms with van der Waals surface area (Å²) in [5.74, 6) is -0.207. The Bertz CT molecular complexity index is 897. The summed E-state index contributed by atoms with van der Waals surface area (Å²) in [7, 11) is -4.35. The minimum Gasteiger partial charge on any atom is -0.387 e. The molecule has 3 atom stereocenters. The average Bonchev–Trinajstić information content (AvgIpc) is 3.12. The van der Waals surface area contributed by atoms with Gasteiger partial charge in [-0.1, -0.05) is 179 Å². The molecule has 1 amide bonds. The van der Waals surface area contributed by atoms with E-state index in [4.69, 9.17) is 14.8 Å². The molecule has 0 aromatic heterocycles. The lowest BCUT2D eigenvalue weighted by Gasteiger charge is -2.23. The molecule has 0 saturated carbocycles. The van der Waals surface area contributed by atoms with E-state index in [0.717, 1.165) is 44.9 Å². The van der Waals surface area contributed by atoms with Crippen molar-refractivity contribution in [2.75, 3.05) is 19.8 Å². The van der Waals surface area contributed by atoms with Gasteiger partial charge in [0.15, 0.2) is 0 Å². The van der Waals surface area contributed by atoms with E-state index < -0.39 is 20.0 Å². The van der Waals surface area contributed by atoms with Gasteiger partial charge < -0.3 is 21.1 Å². The molecule has 0 aliphatic heterocycles. The summed E-state index contributed by atoms with van der Waals surface area (Å²) >= 11 is 0. The third kappa shape index (κ3) is 36.9. The van der Waals surface area contributed by atoms with E-state index >= 15 is 0 Å². The predicted octanol–water partition coefficient (Wildman–Crippen LogP) is 11.6. The van der Waals surface area contributed by atoms with Crippen LogP contribution in [-0.2, 0) is 18.4 Å². The van der Waals surface area contributed by atoms with Crippen molar-refractivity contribution < 1.29 is 28.4 Å². The summed E-state index contributed by atoms with van der Waals surface area (Å²) in [6.07, 6.45) is 44.8. The van der Waals surface area contributed by atoms with Crippen LogP contribution >= 0.6 is 7.82 Å². The molecule has 0 aromatic carbocycles. The quantitative estimate of drug-likeness (QED) is 0.0280. The molecule has 0 bridgehead atoms. The fourth-order valence-corrected chi connectivity index (χ4v) is 6.75. The van der Waals surface area contributed by atoms with E-state index in [1.165, 1.54) is 128 Å². The molecular weight excluding hydrogens is 659 g/mol. The molecule has 0 spiro atoms. The maximum atomic E-state index is 12.7. The number of aliphatic hydroxyl groups excluding tert-OH is 1. The highest BCUT2D eigenvalue weighted by atomic mass is 31.2.